The summed E-state index contributed by atoms with van der Waals surface area (Å²) >= 11 is 0. The molecule has 1 aliphatic heterocycles. The minimum absolute atomic E-state index is 0.0757. The van der Waals surface area contributed by atoms with Gasteiger partial charge in [-0.1, -0.05) is 6.92 Å². The molecule has 1 saturated heterocycles. The summed E-state index contributed by atoms with van der Waals surface area (Å²) in [6.45, 7) is 6.01. The minimum atomic E-state index is -4.20. The number of nitrogens with zero attached hydrogens (tertiary/aromatic N) is 4. The van der Waals surface area contributed by atoms with Gasteiger partial charge in [-0.3, -0.25) is 14.9 Å². The van der Waals surface area contributed by atoms with E-state index in [2.05, 4.69) is 10.4 Å². The van der Waals surface area contributed by atoms with Gasteiger partial charge in [-0.05, 0) is 50.6 Å². The average molecular weight is 574 g/mol. The SMILES string of the molecule is CCC(C)NC(=O)c1nn(-c2ccc(OC)cc2)c(Oc2ccc([N+](=O)[O-])cc2S(=O)(=O)N2CCOCC2)c1C. The van der Waals surface area contributed by atoms with Crippen LogP contribution in [0.25, 0.3) is 5.69 Å². The fourth-order valence-corrected chi connectivity index (χ4v) is 5.58. The first-order chi connectivity index (χ1) is 19.1. The molecule has 1 amide bonds. The zero-order valence-electron chi connectivity index (χ0n) is 22.6. The first-order valence-electron chi connectivity index (χ1n) is 12.7. The Balaban J connectivity index is 1.85. The molecule has 1 unspecified atom stereocenters. The van der Waals surface area contributed by atoms with Crippen LogP contribution in [0.5, 0.6) is 17.4 Å². The summed E-state index contributed by atoms with van der Waals surface area (Å²) in [6, 6.07) is 10.1. The number of morpholine rings is 1. The zero-order valence-corrected chi connectivity index (χ0v) is 23.4. The Morgan fingerprint density at radius 2 is 1.88 bits per heavy atom. The predicted octanol–water partition coefficient (Wildman–Crippen LogP) is 3.44. The monoisotopic (exact) mass is 573 g/mol. The van der Waals surface area contributed by atoms with Crippen LogP contribution in [0.4, 0.5) is 5.69 Å². The molecule has 0 spiro atoms. The topological polar surface area (TPSA) is 155 Å². The molecule has 0 aliphatic carbocycles. The maximum absolute atomic E-state index is 13.6. The molecule has 2 aromatic carbocycles. The van der Waals surface area contributed by atoms with Crippen molar-refractivity contribution in [2.45, 2.75) is 38.1 Å². The van der Waals surface area contributed by atoms with E-state index in [0.717, 1.165) is 12.1 Å². The van der Waals surface area contributed by atoms with Crippen LogP contribution in [0, 0.1) is 17.0 Å². The van der Waals surface area contributed by atoms with Gasteiger partial charge in [0.1, 0.15) is 16.4 Å². The number of carbonyl (C=O) groups is 1. The molecular weight excluding hydrogens is 542 g/mol. The molecule has 4 rings (SSSR count). The van der Waals surface area contributed by atoms with E-state index in [9.17, 15) is 23.3 Å². The zero-order chi connectivity index (χ0) is 29.0. The van der Waals surface area contributed by atoms with Crippen LogP contribution in [0.15, 0.2) is 47.4 Å². The van der Waals surface area contributed by atoms with Crippen molar-refractivity contribution in [2.75, 3.05) is 33.4 Å². The normalized spacial score (nSPS) is 14.9. The maximum Gasteiger partial charge on any atom is 0.272 e. The van der Waals surface area contributed by atoms with Gasteiger partial charge in [0.2, 0.25) is 15.9 Å². The van der Waals surface area contributed by atoms with Gasteiger partial charge in [-0.2, -0.15) is 14.1 Å². The van der Waals surface area contributed by atoms with E-state index in [1.54, 1.807) is 31.2 Å². The number of hydrogen-bond acceptors (Lipinski definition) is 9. The van der Waals surface area contributed by atoms with Crippen LogP contribution in [0.3, 0.4) is 0 Å². The lowest BCUT2D eigenvalue weighted by Gasteiger charge is -2.26. The van der Waals surface area contributed by atoms with Crippen molar-refractivity contribution in [1.29, 1.82) is 0 Å². The highest BCUT2D eigenvalue weighted by Gasteiger charge is 2.33. The second kappa shape index (κ2) is 12.0. The summed E-state index contributed by atoms with van der Waals surface area (Å²) in [5, 5.41) is 18.9. The van der Waals surface area contributed by atoms with Crippen molar-refractivity contribution in [3.05, 3.63) is 63.8 Å². The first-order valence-corrected chi connectivity index (χ1v) is 14.1. The van der Waals surface area contributed by atoms with Crippen LogP contribution in [0.1, 0.15) is 36.3 Å². The van der Waals surface area contributed by atoms with E-state index < -0.39 is 26.5 Å². The van der Waals surface area contributed by atoms with E-state index in [1.807, 2.05) is 13.8 Å². The fourth-order valence-electron chi connectivity index (χ4n) is 4.04. The van der Waals surface area contributed by atoms with Gasteiger partial charge in [-0.15, -0.1) is 0 Å². The number of non-ortho nitro benzene ring substituents is 1. The first kappa shape index (κ1) is 29.0. The lowest BCUT2D eigenvalue weighted by atomic mass is 10.2. The third kappa shape index (κ3) is 5.93. The maximum atomic E-state index is 13.6. The van der Waals surface area contributed by atoms with E-state index in [-0.39, 0.29) is 54.6 Å². The number of hydrogen-bond donors (Lipinski definition) is 1. The van der Waals surface area contributed by atoms with Gasteiger partial charge in [0.05, 0.1) is 30.9 Å². The predicted molar refractivity (Wildman–Crippen MR) is 145 cm³/mol. The molecule has 2 heterocycles. The lowest BCUT2D eigenvalue weighted by Crippen LogP contribution is -2.40. The highest BCUT2D eigenvalue weighted by Crippen LogP contribution is 2.37. The highest BCUT2D eigenvalue weighted by atomic mass is 32.2. The Morgan fingerprint density at radius 3 is 2.48 bits per heavy atom. The molecule has 1 atom stereocenters. The number of rotatable bonds is 10. The third-order valence-corrected chi connectivity index (χ3v) is 8.44. The number of aromatic nitrogens is 2. The van der Waals surface area contributed by atoms with Gasteiger partial charge in [-0.25, -0.2) is 8.42 Å². The molecule has 0 radical (unpaired) electrons. The molecule has 1 aliphatic rings. The van der Waals surface area contributed by atoms with E-state index in [1.165, 1.54) is 22.2 Å². The van der Waals surface area contributed by atoms with Crippen molar-refractivity contribution >= 4 is 21.6 Å². The summed E-state index contributed by atoms with van der Waals surface area (Å²) in [7, 11) is -2.67. The summed E-state index contributed by atoms with van der Waals surface area (Å²) < 4.78 is 46.5. The van der Waals surface area contributed by atoms with E-state index >= 15 is 0 Å². The number of ether oxygens (including phenoxy) is 3. The molecule has 1 fully saturated rings. The molecule has 13 nitrogen and oxygen atoms in total. The van der Waals surface area contributed by atoms with E-state index in [4.69, 9.17) is 14.2 Å². The lowest BCUT2D eigenvalue weighted by molar-refractivity contribution is -0.385. The molecule has 40 heavy (non-hydrogen) atoms. The minimum Gasteiger partial charge on any atom is -0.497 e. The van der Waals surface area contributed by atoms with Crippen molar-refractivity contribution in [1.82, 2.24) is 19.4 Å². The third-order valence-electron chi connectivity index (χ3n) is 6.52. The van der Waals surface area contributed by atoms with Crippen LogP contribution in [0.2, 0.25) is 0 Å². The standard InChI is InChI=1S/C26H31N5O8S/c1-5-17(2)27-25(32)24-18(3)26(30(28-24)19-6-9-21(37-4)10-7-19)39-22-11-8-20(31(33)34)16-23(22)40(35,36)29-12-14-38-15-13-29/h6-11,16-17H,5,12-15H2,1-4H3,(H,27,32). The van der Waals surface area contributed by atoms with Crippen molar-refractivity contribution in [3.63, 3.8) is 0 Å². The van der Waals surface area contributed by atoms with Crippen LogP contribution in [-0.4, -0.2) is 72.8 Å². The largest absolute Gasteiger partial charge is 0.497 e. The number of amides is 1. The molecule has 0 saturated carbocycles. The average Bonchev–Trinajstić information content (AvgIpc) is 3.29. The molecule has 3 aromatic rings. The Kier molecular flexibility index (Phi) is 8.71. The van der Waals surface area contributed by atoms with Gasteiger partial charge in [0.15, 0.2) is 5.69 Å². The summed E-state index contributed by atoms with van der Waals surface area (Å²) in [5.74, 6) is 0.100. The molecule has 1 aromatic heterocycles. The van der Waals surface area contributed by atoms with E-state index in [0.29, 0.717) is 23.4 Å². The molecular formula is C26H31N5O8S. The smallest absolute Gasteiger partial charge is 0.272 e. The second-order valence-corrected chi connectivity index (χ2v) is 11.1. The fraction of sp³-hybridized carbons (Fsp3) is 0.385. The van der Waals surface area contributed by atoms with Crippen molar-refractivity contribution in [2.24, 2.45) is 0 Å². The number of nitro groups is 1. The van der Waals surface area contributed by atoms with Gasteiger partial charge >= 0.3 is 0 Å². The summed E-state index contributed by atoms with van der Waals surface area (Å²) in [5.41, 5.74) is 0.546. The molecule has 14 heteroatoms. The number of nitro benzene ring substituents is 1. The summed E-state index contributed by atoms with van der Waals surface area (Å²) in [4.78, 5) is 23.6. The van der Waals surface area contributed by atoms with Crippen LogP contribution < -0.4 is 14.8 Å². The van der Waals surface area contributed by atoms with Crippen LogP contribution >= 0.6 is 0 Å². The highest BCUT2D eigenvalue weighted by molar-refractivity contribution is 7.89. The Bertz CT molecular complexity index is 1500. The van der Waals surface area contributed by atoms with Crippen molar-refractivity contribution < 1.29 is 32.3 Å². The molecule has 1 N–H and O–H groups in total. The van der Waals surface area contributed by atoms with Crippen LogP contribution in [-0.2, 0) is 14.8 Å². The summed E-state index contributed by atoms with van der Waals surface area (Å²) in [6.07, 6.45) is 0.707. The number of carbonyl (C=O) groups excluding carboxylic acids is 1. The number of nitrogens with one attached hydrogen (secondary N) is 1. The van der Waals surface area contributed by atoms with Crippen molar-refractivity contribution in [3.8, 4) is 23.1 Å². The number of benzene rings is 2. The van der Waals surface area contributed by atoms with Gasteiger partial charge < -0.3 is 19.5 Å². The Hall–Kier alpha value is -4.01. The number of sulfonamides is 1. The quantitative estimate of drug-likeness (QED) is 0.284. The Morgan fingerprint density at radius 1 is 1.20 bits per heavy atom. The second-order valence-electron chi connectivity index (χ2n) is 9.18. The Labute approximate surface area is 231 Å². The van der Waals surface area contributed by atoms with Gasteiger partial charge in [0.25, 0.3) is 11.6 Å². The van der Waals surface area contributed by atoms with Gasteiger partial charge in [0, 0.05) is 36.8 Å². The molecule has 214 valence electrons. The molecule has 0 bridgehead atoms. The number of methoxy groups -OCH3 is 1.